The van der Waals surface area contributed by atoms with Crippen molar-refractivity contribution in [3.05, 3.63) is 42.1 Å². The molecule has 6 nitrogen and oxygen atoms in total. The van der Waals surface area contributed by atoms with Gasteiger partial charge in [-0.25, -0.2) is 13.8 Å². The van der Waals surface area contributed by atoms with Crippen molar-refractivity contribution in [3.8, 4) is 22.8 Å². The van der Waals surface area contributed by atoms with Crippen molar-refractivity contribution < 1.29 is 32.9 Å². The van der Waals surface area contributed by atoms with E-state index in [0.29, 0.717) is 43.1 Å². The number of nitrogens with zero attached hydrogens (tertiary/aromatic N) is 1. The van der Waals surface area contributed by atoms with Gasteiger partial charge in [0.1, 0.15) is 6.10 Å². The molecular weight excluding hydrogens is 384 g/mol. The maximum atomic E-state index is 14.5. The van der Waals surface area contributed by atoms with E-state index in [9.17, 15) is 13.6 Å². The number of carbonyl (C=O) groups is 1. The molecule has 0 amide bonds. The highest BCUT2D eigenvalue weighted by Crippen LogP contribution is 2.34. The Morgan fingerprint density at radius 2 is 1.93 bits per heavy atom. The number of benzene rings is 1. The second kappa shape index (κ2) is 10.2. The average Bonchev–Trinajstić information content (AvgIpc) is 2.70. The zero-order valence-corrected chi connectivity index (χ0v) is 15.9. The Balaban J connectivity index is 1.72. The van der Waals surface area contributed by atoms with Gasteiger partial charge in [0.25, 0.3) is 0 Å². The largest absolute Gasteiger partial charge is 0.488 e. The first-order chi connectivity index (χ1) is 14.0. The number of unbranched alkanes of at least 4 members (excludes halogenated alkanes) is 1. The number of carboxylic acids is 1. The summed E-state index contributed by atoms with van der Waals surface area (Å²) in [7, 11) is 0. The minimum atomic E-state index is -0.915. The molecule has 1 aromatic carbocycles. The summed E-state index contributed by atoms with van der Waals surface area (Å²) in [6.07, 6.45) is 3.72. The van der Waals surface area contributed by atoms with Crippen molar-refractivity contribution in [2.45, 2.75) is 38.2 Å². The molecule has 0 saturated carbocycles. The predicted octanol–water partition coefficient (Wildman–Crippen LogP) is 4.22. The lowest BCUT2D eigenvalue weighted by molar-refractivity contribution is -0.137. The Morgan fingerprint density at radius 1 is 1.21 bits per heavy atom. The van der Waals surface area contributed by atoms with E-state index in [1.54, 1.807) is 18.3 Å². The third-order valence-corrected chi connectivity index (χ3v) is 4.56. The monoisotopic (exact) mass is 407 g/mol. The number of aromatic nitrogens is 1. The van der Waals surface area contributed by atoms with E-state index in [4.69, 9.17) is 19.3 Å². The zero-order chi connectivity index (χ0) is 20.6. The SMILES string of the molecule is O=C(O)CCCCOc1c(F)cc(-c2cccnc2OC2CCOCC2)cc1F. The summed E-state index contributed by atoms with van der Waals surface area (Å²) in [5.41, 5.74) is 0.790. The highest BCUT2D eigenvalue weighted by molar-refractivity contribution is 5.69. The van der Waals surface area contributed by atoms with Crippen LogP contribution in [0.2, 0.25) is 0 Å². The van der Waals surface area contributed by atoms with Gasteiger partial charge >= 0.3 is 5.97 Å². The molecule has 156 valence electrons. The smallest absolute Gasteiger partial charge is 0.303 e. The first kappa shape index (κ1) is 21.0. The number of rotatable bonds is 9. The van der Waals surface area contributed by atoms with Crippen LogP contribution in [0.25, 0.3) is 11.1 Å². The van der Waals surface area contributed by atoms with Crippen molar-refractivity contribution in [2.75, 3.05) is 19.8 Å². The summed E-state index contributed by atoms with van der Waals surface area (Å²) < 4.78 is 45.4. The summed E-state index contributed by atoms with van der Waals surface area (Å²) in [6, 6.07) is 5.74. The maximum absolute atomic E-state index is 14.5. The van der Waals surface area contributed by atoms with Crippen LogP contribution in [-0.4, -0.2) is 42.0 Å². The average molecular weight is 407 g/mol. The lowest BCUT2D eigenvalue weighted by Crippen LogP contribution is -2.26. The number of hydrogen-bond donors (Lipinski definition) is 1. The third kappa shape index (κ3) is 5.87. The van der Waals surface area contributed by atoms with Gasteiger partial charge in [-0.15, -0.1) is 0 Å². The van der Waals surface area contributed by atoms with Gasteiger partial charge in [0.15, 0.2) is 17.4 Å². The van der Waals surface area contributed by atoms with E-state index in [1.807, 2.05) is 0 Å². The Morgan fingerprint density at radius 3 is 2.62 bits per heavy atom. The van der Waals surface area contributed by atoms with Gasteiger partial charge in [-0.2, -0.15) is 0 Å². The molecule has 8 heteroatoms. The molecule has 0 bridgehead atoms. The zero-order valence-electron chi connectivity index (χ0n) is 15.9. The Hall–Kier alpha value is -2.74. The van der Waals surface area contributed by atoms with Gasteiger partial charge in [-0.1, -0.05) is 0 Å². The maximum Gasteiger partial charge on any atom is 0.303 e. The second-order valence-electron chi connectivity index (χ2n) is 6.75. The van der Waals surface area contributed by atoms with E-state index < -0.39 is 23.4 Å². The molecule has 1 aliphatic heterocycles. The molecule has 3 rings (SSSR count). The molecule has 0 radical (unpaired) electrons. The molecule has 1 saturated heterocycles. The van der Waals surface area contributed by atoms with E-state index in [-0.39, 0.29) is 19.1 Å². The summed E-state index contributed by atoms with van der Waals surface area (Å²) >= 11 is 0. The number of halogens is 2. The van der Waals surface area contributed by atoms with E-state index in [1.165, 1.54) is 12.1 Å². The highest BCUT2D eigenvalue weighted by Gasteiger charge is 2.20. The van der Waals surface area contributed by atoms with Crippen LogP contribution in [-0.2, 0) is 9.53 Å². The number of ether oxygens (including phenoxy) is 3. The van der Waals surface area contributed by atoms with Crippen LogP contribution in [0.4, 0.5) is 8.78 Å². The van der Waals surface area contributed by atoms with Crippen molar-refractivity contribution in [2.24, 2.45) is 0 Å². The lowest BCUT2D eigenvalue weighted by Gasteiger charge is -2.23. The lowest BCUT2D eigenvalue weighted by atomic mass is 10.1. The predicted molar refractivity (Wildman–Crippen MR) is 101 cm³/mol. The fraction of sp³-hybridized carbons (Fsp3) is 0.429. The topological polar surface area (TPSA) is 77.9 Å². The summed E-state index contributed by atoms with van der Waals surface area (Å²) in [5, 5.41) is 8.60. The highest BCUT2D eigenvalue weighted by atomic mass is 19.1. The molecule has 0 aliphatic carbocycles. The van der Waals surface area contributed by atoms with Crippen molar-refractivity contribution >= 4 is 5.97 Å². The molecular formula is C21H23F2NO5. The standard InChI is InChI=1S/C21H23F2NO5/c22-17-12-14(13-18(23)20(17)28-9-2-1-5-19(25)26)16-4-3-8-24-21(16)29-15-6-10-27-11-7-15/h3-4,8,12-13,15H,1-2,5-7,9-11H2,(H,25,26). The normalized spacial score (nSPS) is 14.6. The summed E-state index contributed by atoms with van der Waals surface area (Å²) in [6.45, 7) is 1.24. The number of aliphatic carboxylic acids is 1. The first-order valence-electron chi connectivity index (χ1n) is 9.58. The summed E-state index contributed by atoms with van der Waals surface area (Å²) in [5.74, 6) is -2.74. The van der Waals surface area contributed by atoms with Gasteiger partial charge in [0, 0.05) is 31.0 Å². The van der Waals surface area contributed by atoms with Crippen LogP contribution in [0.1, 0.15) is 32.1 Å². The van der Waals surface area contributed by atoms with Gasteiger partial charge in [-0.05, 0) is 42.7 Å². The molecule has 1 aliphatic rings. The molecule has 2 heterocycles. The van der Waals surface area contributed by atoms with Crippen LogP contribution in [0.15, 0.2) is 30.5 Å². The van der Waals surface area contributed by atoms with Gasteiger partial charge in [0.2, 0.25) is 5.88 Å². The summed E-state index contributed by atoms with van der Waals surface area (Å²) in [4.78, 5) is 14.7. The quantitative estimate of drug-likeness (QED) is 0.627. The van der Waals surface area contributed by atoms with Crippen LogP contribution in [0.3, 0.4) is 0 Å². The molecule has 1 fully saturated rings. The van der Waals surface area contributed by atoms with E-state index in [0.717, 1.165) is 12.8 Å². The van der Waals surface area contributed by atoms with Crippen LogP contribution in [0.5, 0.6) is 11.6 Å². The van der Waals surface area contributed by atoms with Crippen molar-refractivity contribution in [1.29, 1.82) is 0 Å². The van der Waals surface area contributed by atoms with Gasteiger partial charge in [0.05, 0.1) is 19.8 Å². The van der Waals surface area contributed by atoms with Gasteiger partial charge < -0.3 is 19.3 Å². The van der Waals surface area contributed by atoms with E-state index in [2.05, 4.69) is 4.98 Å². The van der Waals surface area contributed by atoms with Crippen LogP contribution >= 0.6 is 0 Å². The van der Waals surface area contributed by atoms with Crippen LogP contribution in [0, 0.1) is 11.6 Å². The second-order valence-corrected chi connectivity index (χ2v) is 6.75. The number of hydrogen-bond acceptors (Lipinski definition) is 5. The molecule has 29 heavy (non-hydrogen) atoms. The van der Waals surface area contributed by atoms with Crippen molar-refractivity contribution in [1.82, 2.24) is 4.98 Å². The molecule has 0 unspecified atom stereocenters. The van der Waals surface area contributed by atoms with Crippen LogP contribution < -0.4 is 9.47 Å². The molecule has 2 aromatic rings. The molecule has 0 spiro atoms. The molecule has 1 aromatic heterocycles. The third-order valence-electron chi connectivity index (χ3n) is 4.56. The van der Waals surface area contributed by atoms with Crippen molar-refractivity contribution in [3.63, 3.8) is 0 Å². The molecule has 0 atom stereocenters. The fourth-order valence-corrected chi connectivity index (χ4v) is 3.06. The number of pyridine rings is 1. The molecule has 1 N–H and O–H groups in total. The minimum absolute atomic E-state index is 0.00976. The minimum Gasteiger partial charge on any atom is -0.488 e. The fourth-order valence-electron chi connectivity index (χ4n) is 3.06. The Kier molecular flexibility index (Phi) is 7.35. The number of carboxylic acid groups (broad SMARTS) is 1. The first-order valence-corrected chi connectivity index (χ1v) is 9.58. The van der Waals surface area contributed by atoms with Gasteiger partial charge in [-0.3, -0.25) is 4.79 Å². The van der Waals surface area contributed by atoms with E-state index >= 15 is 0 Å². The Bertz CT molecular complexity index is 817. The Labute approximate surface area is 167 Å².